The van der Waals surface area contributed by atoms with Crippen LogP contribution in [-0.4, -0.2) is 16.6 Å². The van der Waals surface area contributed by atoms with Crippen LogP contribution in [-0.2, 0) is 5.33 Å². The highest BCUT2D eigenvalue weighted by atomic mass is 79.9. The van der Waals surface area contributed by atoms with Gasteiger partial charge in [0.1, 0.15) is 5.69 Å². The zero-order valence-electron chi connectivity index (χ0n) is 7.76. The lowest BCUT2D eigenvalue weighted by Crippen LogP contribution is -2.20. The Bertz CT molecular complexity index is 537. The Morgan fingerprint density at radius 2 is 1.75 bits per heavy atom. The van der Waals surface area contributed by atoms with E-state index in [1.807, 2.05) is 0 Å². The fourth-order valence-electron chi connectivity index (χ4n) is 1.45. The van der Waals surface area contributed by atoms with Crippen LogP contribution >= 0.6 is 47.8 Å². The van der Waals surface area contributed by atoms with Gasteiger partial charge in [0.15, 0.2) is 0 Å². The van der Waals surface area contributed by atoms with Gasteiger partial charge in [0.05, 0.1) is 14.5 Å². The van der Waals surface area contributed by atoms with Crippen LogP contribution in [0.4, 0.5) is 0 Å². The second kappa shape index (κ2) is 4.50. The highest BCUT2D eigenvalue weighted by Crippen LogP contribution is 2.33. The summed E-state index contributed by atoms with van der Waals surface area (Å²) in [4.78, 5) is 27.8. The molecule has 0 saturated carbocycles. The van der Waals surface area contributed by atoms with Crippen LogP contribution in [0.2, 0.25) is 0 Å². The predicted octanol–water partition coefficient (Wildman–Crippen LogP) is 3.36. The molecule has 0 spiro atoms. The van der Waals surface area contributed by atoms with E-state index >= 15 is 0 Å². The molecule has 0 saturated heterocycles. The molecule has 0 N–H and O–H groups in total. The highest BCUT2D eigenvalue weighted by Gasteiger charge is 2.32. The van der Waals surface area contributed by atoms with Gasteiger partial charge in [-0.25, -0.2) is 0 Å². The Hall–Kier alpha value is -0.330. The van der Waals surface area contributed by atoms with E-state index in [4.69, 9.17) is 0 Å². The minimum absolute atomic E-state index is 0.206. The van der Waals surface area contributed by atoms with E-state index in [-0.39, 0.29) is 26.2 Å². The number of halogens is 3. The number of ketones is 2. The Balaban J connectivity index is 2.76. The fourth-order valence-corrected chi connectivity index (χ4v) is 2.67. The normalized spacial score (nSPS) is 15.4. The number of carbonyl (C=O) groups excluding carboxylic acids is 2. The first-order chi connectivity index (χ1) is 7.57. The molecule has 0 fully saturated rings. The predicted molar refractivity (Wildman–Crippen MR) is 70.4 cm³/mol. The van der Waals surface area contributed by atoms with Gasteiger partial charge in [0.25, 0.3) is 0 Å². The molecule has 0 atom stereocenters. The number of fused-ring (bicyclic) bond motifs is 1. The van der Waals surface area contributed by atoms with Crippen LogP contribution in [0.1, 0.15) is 26.4 Å². The smallest absolute Gasteiger partial charge is 0.220 e. The molecule has 1 heterocycles. The lowest BCUT2D eigenvalue weighted by molar-refractivity contribution is 0.0985. The molecule has 2 rings (SSSR count). The van der Waals surface area contributed by atoms with E-state index in [1.54, 1.807) is 6.07 Å². The summed E-state index contributed by atoms with van der Waals surface area (Å²) in [6.07, 6.45) is 1.53. The molecule has 3 nitrogen and oxygen atoms in total. The summed E-state index contributed by atoms with van der Waals surface area (Å²) in [5.74, 6) is -0.492. The van der Waals surface area contributed by atoms with Crippen LogP contribution < -0.4 is 0 Å². The molecule has 0 amide bonds. The average molecular weight is 410 g/mol. The Labute approximate surface area is 117 Å². The fraction of sp³-hybridized carbons (Fsp3) is 0.100. The number of carbonyl (C=O) groups is 2. The van der Waals surface area contributed by atoms with Gasteiger partial charge < -0.3 is 0 Å². The maximum absolute atomic E-state index is 12.0. The van der Waals surface area contributed by atoms with Crippen LogP contribution in [0.25, 0.3) is 0 Å². The van der Waals surface area contributed by atoms with Crippen molar-refractivity contribution in [3.63, 3.8) is 0 Å². The van der Waals surface area contributed by atoms with Crippen molar-refractivity contribution in [3.05, 3.63) is 38.0 Å². The van der Waals surface area contributed by atoms with Crippen molar-refractivity contribution < 1.29 is 9.59 Å². The number of nitrogens with zero attached hydrogens (tertiary/aromatic N) is 1. The van der Waals surface area contributed by atoms with Gasteiger partial charge in [-0.3, -0.25) is 14.6 Å². The topological polar surface area (TPSA) is 47.0 Å². The van der Waals surface area contributed by atoms with E-state index < -0.39 is 0 Å². The molecule has 82 valence electrons. The molecule has 1 aromatic heterocycles. The average Bonchev–Trinajstić information content (AvgIpc) is 2.32. The summed E-state index contributed by atoms with van der Waals surface area (Å²) in [6.45, 7) is 0. The van der Waals surface area contributed by atoms with Gasteiger partial charge in [0, 0.05) is 11.5 Å². The maximum atomic E-state index is 12.0. The molecule has 1 aromatic rings. The van der Waals surface area contributed by atoms with E-state index in [0.29, 0.717) is 10.9 Å². The number of rotatable bonds is 1. The molecule has 1 aliphatic carbocycles. The van der Waals surface area contributed by atoms with Gasteiger partial charge in [-0.15, -0.1) is 0 Å². The molecular formula is C10H4Br3NO2. The molecule has 0 aliphatic heterocycles. The largest absolute Gasteiger partial charge is 0.288 e. The molecule has 0 bridgehead atoms. The molecule has 0 aromatic carbocycles. The van der Waals surface area contributed by atoms with Crippen LogP contribution in [0.15, 0.2) is 21.2 Å². The number of hydrogen-bond acceptors (Lipinski definition) is 3. The SMILES string of the molecule is O=C1C(Br)=C(Br)C(=O)c2c(CBr)ccnc21. The lowest BCUT2D eigenvalue weighted by Gasteiger charge is -2.15. The van der Waals surface area contributed by atoms with Crippen molar-refractivity contribution in [2.75, 3.05) is 0 Å². The summed E-state index contributed by atoms with van der Waals surface area (Å²) < 4.78 is 0.476. The second-order valence-electron chi connectivity index (χ2n) is 3.11. The summed E-state index contributed by atoms with van der Waals surface area (Å²) >= 11 is 9.48. The third-order valence-electron chi connectivity index (χ3n) is 2.21. The second-order valence-corrected chi connectivity index (χ2v) is 5.26. The molecule has 0 radical (unpaired) electrons. The van der Waals surface area contributed by atoms with E-state index in [0.717, 1.165) is 5.56 Å². The Kier molecular flexibility index (Phi) is 3.42. The highest BCUT2D eigenvalue weighted by molar-refractivity contribution is 9.14. The third kappa shape index (κ3) is 1.72. The van der Waals surface area contributed by atoms with Crippen LogP contribution in [0, 0.1) is 0 Å². The van der Waals surface area contributed by atoms with Crippen molar-refractivity contribution in [2.24, 2.45) is 0 Å². The maximum Gasteiger partial charge on any atom is 0.220 e. The summed E-state index contributed by atoms with van der Waals surface area (Å²) in [5, 5.41) is 0.509. The van der Waals surface area contributed by atoms with Gasteiger partial charge in [-0.05, 0) is 43.5 Å². The summed E-state index contributed by atoms with van der Waals surface area (Å²) in [7, 11) is 0. The Morgan fingerprint density at radius 3 is 2.38 bits per heavy atom. The first-order valence-electron chi connectivity index (χ1n) is 4.26. The summed E-state index contributed by atoms with van der Waals surface area (Å²) in [5.41, 5.74) is 1.34. The number of alkyl halides is 1. The molecular weight excluding hydrogens is 406 g/mol. The van der Waals surface area contributed by atoms with Crippen molar-refractivity contribution in [3.8, 4) is 0 Å². The van der Waals surface area contributed by atoms with Crippen molar-refractivity contribution in [1.82, 2.24) is 4.98 Å². The number of Topliss-reactive ketones (excluding diaryl/α,β-unsaturated/α-hetero) is 2. The zero-order valence-corrected chi connectivity index (χ0v) is 12.5. The van der Waals surface area contributed by atoms with E-state index in [1.165, 1.54) is 6.20 Å². The van der Waals surface area contributed by atoms with E-state index in [9.17, 15) is 9.59 Å². The quantitative estimate of drug-likeness (QED) is 0.668. The standard InChI is InChI=1S/C10H4Br3NO2/c11-3-4-1-2-14-8-5(4)9(15)6(12)7(13)10(8)16/h1-2H,3H2. The molecule has 16 heavy (non-hydrogen) atoms. The van der Waals surface area contributed by atoms with Gasteiger partial charge in [-0.2, -0.15) is 0 Å². The van der Waals surface area contributed by atoms with Gasteiger partial charge in [0.2, 0.25) is 11.6 Å². The zero-order chi connectivity index (χ0) is 11.9. The number of pyridine rings is 1. The van der Waals surface area contributed by atoms with Crippen LogP contribution in [0.3, 0.4) is 0 Å². The van der Waals surface area contributed by atoms with Crippen molar-refractivity contribution in [2.45, 2.75) is 5.33 Å². The molecule has 0 unspecified atom stereocenters. The Morgan fingerprint density at radius 1 is 1.12 bits per heavy atom. The first-order valence-corrected chi connectivity index (χ1v) is 6.97. The molecule has 6 heteroatoms. The lowest BCUT2D eigenvalue weighted by atomic mass is 9.96. The van der Waals surface area contributed by atoms with Crippen molar-refractivity contribution >= 4 is 59.4 Å². The first kappa shape index (κ1) is 12.1. The number of allylic oxidation sites excluding steroid dienone is 2. The third-order valence-corrected chi connectivity index (χ3v) is 4.86. The minimum Gasteiger partial charge on any atom is -0.288 e. The van der Waals surface area contributed by atoms with E-state index in [2.05, 4.69) is 52.8 Å². The van der Waals surface area contributed by atoms with Gasteiger partial charge >= 0.3 is 0 Å². The van der Waals surface area contributed by atoms with Crippen LogP contribution in [0.5, 0.6) is 0 Å². The monoisotopic (exact) mass is 407 g/mol. The summed E-state index contributed by atoms with van der Waals surface area (Å²) in [6, 6.07) is 1.72. The minimum atomic E-state index is -0.274. The van der Waals surface area contributed by atoms with Gasteiger partial charge in [-0.1, -0.05) is 15.9 Å². The number of hydrogen-bond donors (Lipinski definition) is 0. The number of aromatic nitrogens is 1. The molecule has 1 aliphatic rings. The van der Waals surface area contributed by atoms with Crippen molar-refractivity contribution in [1.29, 1.82) is 0 Å².